The van der Waals surface area contributed by atoms with Crippen LogP contribution in [0.15, 0.2) is 28.5 Å². The fraction of sp³-hybridized carbons (Fsp3) is 0.167. The van der Waals surface area contributed by atoms with Crippen molar-refractivity contribution in [2.24, 2.45) is 4.40 Å². The summed E-state index contributed by atoms with van der Waals surface area (Å²) in [5.41, 5.74) is 0.895. The topological polar surface area (TPSA) is 24.4 Å². The van der Waals surface area contributed by atoms with Crippen LogP contribution in [0.5, 0.6) is 0 Å². The molecule has 10 heavy (non-hydrogen) atoms. The highest BCUT2D eigenvalue weighted by Gasteiger charge is 2.20. The fourth-order valence-electron chi connectivity index (χ4n) is 0.886. The Morgan fingerprint density at radius 3 is 3.40 bits per heavy atom. The van der Waals surface area contributed by atoms with Gasteiger partial charge in [0.2, 0.25) is 0 Å². The fourth-order valence-corrected chi connectivity index (χ4v) is 1.52. The summed E-state index contributed by atoms with van der Waals surface area (Å²) in [5, 5.41) is 0. The van der Waals surface area contributed by atoms with Gasteiger partial charge in [-0.1, -0.05) is 0 Å². The van der Waals surface area contributed by atoms with Gasteiger partial charge in [-0.15, -0.1) is 0 Å². The molecule has 1 atom stereocenters. The first-order chi connectivity index (χ1) is 4.86. The zero-order chi connectivity index (χ0) is 6.97. The van der Waals surface area contributed by atoms with E-state index in [0.29, 0.717) is 0 Å². The van der Waals surface area contributed by atoms with Crippen LogP contribution in [0.4, 0.5) is 4.39 Å². The Bertz CT molecular complexity index is 244. The Balaban J connectivity index is 2.32. The Morgan fingerprint density at radius 2 is 2.50 bits per heavy atom. The summed E-state index contributed by atoms with van der Waals surface area (Å²) < 4.78 is 19.4. The molecular formula is C6H5FN2S. The molecule has 0 fully saturated rings. The number of nitrogens with one attached hydrogen (secondary N) is 1. The molecule has 1 aliphatic carbocycles. The zero-order valence-corrected chi connectivity index (χ0v) is 5.86. The molecule has 2 nitrogen and oxygen atoms in total. The van der Waals surface area contributed by atoms with E-state index in [4.69, 9.17) is 0 Å². The van der Waals surface area contributed by atoms with Crippen LogP contribution in [0, 0.1) is 0 Å². The molecule has 0 saturated carbocycles. The van der Waals surface area contributed by atoms with E-state index in [9.17, 15) is 4.39 Å². The molecule has 0 aromatic carbocycles. The van der Waals surface area contributed by atoms with Crippen molar-refractivity contribution < 1.29 is 4.39 Å². The number of halogens is 1. The second kappa shape index (κ2) is 2.21. The average molecular weight is 156 g/mol. The van der Waals surface area contributed by atoms with Crippen molar-refractivity contribution >= 4 is 17.8 Å². The summed E-state index contributed by atoms with van der Waals surface area (Å²) in [6.45, 7) is 0. The highest BCUT2D eigenvalue weighted by molar-refractivity contribution is 7.96. The summed E-state index contributed by atoms with van der Waals surface area (Å²) >= 11 is 1.26. The number of hydrogen-bond acceptors (Lipinski definition) is 3. The van der Waals surface area contributed by atoms with Gasteiger partial charge < -0.3 is 0 Å². The van der Waals surface area contributed by atoms with Crippen LogP contribution >= 0.6 is 12.1 Å². The van der Waals surface area contributed by atoms with Crippen molar-refractivity contribution in [3.05, 3.63) is 24.1 Å². The SMILES string of the molecule is FC1=CC2NSN=C2C=C1. The summed E-state index contributed by atoms with van der Waals surface area (Å²) in [6.07, 6.45) is 4.62. The summed E-state index contributed by atoms with van der Waals surface area (Å²) in [4.78, 5) is 0. The van der Waals surface area contributed by atoms with Gasteiger partial charge in [-0.25, -0.2) is 13.5 Å². The van der Waals surface area contributed by atoms with Gasteiger partial charge in [0.1, 0.15) is 5.83 Å². The van der Waals surface area contributed by atoms with Gasteiger partial charge in [0, 0.05) is 0 Å². The maximum atomic E-state index is 12.5. The standard InChI is InChI=1S/C6H5FN2S/c7-4-1-2-5-6(3-4)9-10-8-5/h1-3,6,9H. The lowest BCUT2D eigenvalue weighted by Crippen LogP contribution is -2.25. The van der Waals surface area contributed by atoms with E-state index in [0.717, 1.165) is 5.71 Å². The molecule has 1 aliphatic heterocycles. The molecule has 1 heterocycles. The molecule has 4 heteroatoms. The number of allylic oxidation sites excluding steroid dienone is 2. The van der Waals surface area contributed by atoms with E-state index in [1.165, 1.54) is 24.3 Å². The van der Waals surface area contributed by atoms with E-state index >= 15 is 0 Å². The third-order valence-electron chi connectivity index (χ3n) is 1.39. The molecular weight excluding hydrogens is 151 g/mol. The van der Waals surface area contributed by atoms with E-state index in [2.05, 4.69) is 9.12 Å². The van der Waals surface area contributed by atoms with Crippen molar-refractivity contribution in [2.75, 3.05) is 0 Å². The highest BCUT2D eigenvalue weighted by Crippen LogP contribution is 2.19. The number of nitrogens with zero attached hydrogens (tertiary/aromatic N) is 1. The zero-order valence-electron chi connectivity index (χ0n) is 5.04. The van der Waals surface area contributed by atoms with Crippen LogP contribution in [0.25, 0.3) is 0 Å². The van der Waals surface area contributed by atoms with Gasteiger partial charge in [0.25, 0.3) is 0 Å². The smallest absolute Gasteiger partial charge is 0.121 e. The van der Waals surface area contributed by atoms with E-state index in [-0.39, 0.29) is 11.9 Å². The first kappa shape index (κ1) is 6.12. The number of hydrogen-bond donors (Lipinski definition) is 1. The van der Waals surface area contributed by atoms with E-state index in [1.54, 1.807) is 6.08 Å². The minimum absolute atomic E-state index is 0.0185. The molecule has 0 spiro atoms. The molecule has 1 N–H and O–H groups in total. The van der Waals surface area contributed by atoms with Gasteiger partial charge in [-0.2, -0.15) is 0 Å². The van der Waals surface area contributed by atoms with Crippen LogP contribution in [-0.4, -0.2) is 11.8 Å². The normalized spacial score (nSPS) is 29.5. The molecule has 1 unspecified atom stereocenters. The predicted molar refractivity (Wildman–Crippen MR) is 40.3 cm³/mol. The van der Waals surface area contributed by atoms with Crippen LogP contribution in [0.1, 0.15) is 0 Å². The van der Waals surface area contributed by atoms with E-state index in [1.807, 2.05) is 0 Å². The first-order valence-electron chi connectivity index (χ1n) is 2.91. The second-order valence-corrected chi connectivity index (χ2v) is 2.69. The average Bonchev–Trinajstić information content (AvgIpc) is 2.33. The Hall–Kier alpha value is -0.610. The van der Waals surface area contributed by atoms with Crippen LogP contribution in [0.2, 0.25) is 0 Å². The molecule has 0 aromatic rings. The predicted octanol–water partition coefficient (Wildman–Crippen LogP) is 1.39. The maximum absolute atomic E-state index is 12.5. The Morgan fingerprint density at radius 1 is 1.60 bits per heavy atom. The van der Waals surface area contributed by atoms with Crippen molar-refractivity contribution in [3.8, 4) is 0 Å². The third kappa shape index (κ3) is 0.892. The molecule has 0 saturated heterocycles. The maximum Gasteiger partial charge on any atom is 0.121 e. The Kier molecular flexibility index (Phi) is 1.35. The van der Waals surface area contributed by atoms with Gasteiger partial charge >= 0.3 is 0 Å². The van der Waals surface area contributed by atoms with Crippen LogP contribution < -0.4 is 4.72 Å². The van der Waals surface area contributed by atoms with Gasteiger partial charge in [0.15, 0.2) is 0 Å². The minimum Gasteiger partial charge on any atom is -0.231 e. The van der Waals surface area contributed by atoms with Gasteiger partial charge in [-0.05, 0) is 18.2 Å². The molecule has 0 amide bonds. The Labute approximate surface area is 62.2 Å². The van der Waals surface area contributed by atoms with Crippen molar-refractivity contribution in [2.45, 2.75) is 6.04 Å². The number of rotatable bonds is 0. The minimum atomic E-state index is -0.195. The molecule has 2 aliphatic rings. The molecule has 2 rings (SSSR count). The largest absolute Gasteiger partial charge is 0.231 e. The first-order valence-corrected chi connectivity index (χ1v) is 3.68. The summed E-state index contributed by atoms with van der Waals surface area (Å²) in [7, 11) is 0. The van der Waals surface area contributed by atoms with Crippen molar-refractivity contribution in [3.63, 3.8) is 0 Å². The van der Waals surface area contributed by atoms with Crippen LogP contribution in [-0.2, 0) is 0 Å². The summed E-state index contributed by atoms with van der Waals surface area (Å²) in [5.74, 6) is -0.195. The van der Waals surface area contributed by atoms with Crippen molar-refractivity contribution in [1.82, 2.24) is 4.72 Å². The van der Waals surface area contributed by atoms with Crippen LogP contribution in [0.3, 0.4) is 0 Å². The quantitative estimate of drug-likeness (QED) is 0.536. The third-order valence-corrected chi connectivity index (χ3v) is 2.05. The highest BCUT2D eigenvalue weighted by atomic mass is 32.2. The van der Waals surface area contributed by atoms with E-state index < -0.39 is 0 Å². The lowest BCUT2D eigenvalue weighted by molar-refractivity contribution is 0.656. The van der Waals surface area contributed by atoms with Gasteiger partial charge in [0.05, 0.1) is 23.9 Å². The molecule has 0 radical (unpaired) electrons. The number of fused-ring (bicyclic) bond motifs is 1. The van der Waals surface area contributed by atoms with Gasteiger partial charge in [-0.3, -0.25) is 0 Å². The summed E-state index contributed by atoms with van der Waals surface area (Å²) in [6, 6.07) is -0.0185. The molecule has 52 valence electrons. The molecule has 0 bridgehead atoms. The lowest BCUT2D eigenvalue weighted by Gasteiger charge is -2.07. The lowest BCUT2D eigenvalue weighted by atomic mass is 10.1. The van der Waals surface area contributed by atoms with Crippen molar-refractivity contribution in [1.29, 1.82) is 0 Å². The second-order valence-electron chi connectivity index (χ2n) is 2.09. The monoisotopic (exact) mass is 156 g/mol. The molecule has 0 aromatic heterocycles.